The van der Waals surface area contributed by atoms with Gasteiger partial charge in [-0.25, -0.2) is 21.9 Å². The van der Waals surface area contributed by atoms with E-state index >= 15 is 0 Å². The highest BCUT2D eigenvalue weighted by atomic mass is 35.7. The van der Waals surface area contributed by atoms with E-state index in [1.54, 1.807) is 0 Å². The molecular weight excluding hydrogens is 254 g/mol. The first-order valence-electron chi connectivity index (χ1n) is 3.81. The second-order valence-corrected chi connectivity index (χ2v) is 5.59. The molecule has 0 aromatic carbocycles. The van der Waals surface area contributed by atoms with E-state index in [1.165, 1.54) is 0 Å². The topological polar surface area (TPSA) is 61.2 Å². The molecule has 0 fully saturated rings. The first kappa shape index (κ1) is 10.6. The average molecular weight is 259 g/mol. The van der Waals surface area contributed by atoms with Crippen molar-refractivity contribution in [1.29, 1.82) is 0 Å². The van der Waals surface area contributed by atoms with Crippen LogP contribution in [0.15, 0.2) is 11.1 Å². The van der Waals surface area contributed by atoms with Crippen molar-refractivity contribution in [3.05, 3.63) is 6.20 Å². The van der Waals surface area contributed by atoms with Gasteiger partial charge in [0.2, 0.25) is 5.88 Å². The molecule has 5 nitrogen and oxygen atoms in total. The van der Waals surface area contributed by atoms with Crippen molar-refractivity contribution in [1.82, 2.24) is 9.78 Å². The number of alkyl halides is 2. The molecule has 15 heavy (non-hydrogen) atoms. The molecule has 0 radical (unpaired) electrons. The standard InChI is InChI=1S/C6H5ClF2N2O3S/c7-15(12,13)4-1-10-11-2-6(8,9)3-14-5(4)11/h1H,2-3H2. The van der Waals surface area contributed by atoms with Gasteiger partial charge in [0.05, 0.1) is 6.20 Å². The minimum absolute atomic E-state index is 0.240. The molecule has 0 saturated heterocycles. The second kappa shape index (κ2) is 3.05. The second-order valence-electron chi connectivity index (χ2n) is 3.05. The highest BCUT2D eigenvalue weighted by Gasteiger charge is 2.39. The largest absolute Gasteiger partial charge is 0.470 e. The SMILES string of the molecule is O=S(=O)(Cl)c1cnn2c1OCC(F)(F)C2. The van der Waals surface area contributed by atoms with Crippen LogP contribution in [0.1, 0.15) is 0 Å². The monoisotopic (exact) mass is 258 g/mol. The van der Waals surface area contributed by atoms with Crippen molar-refractivity contribution in [2.24, 2.45) is 0 Å². The Morgan fingerprint density at radius 1 is 1.60 bits per heavy atom. The summed E-state index contributed by atoms with van der Waals surface area (Å²) >= 11 is 0. The fourth-order valence-corrected chi connectivity index (χ4v) is 2.08. The molecule has 0 unspecified atom stereocenters. The molecule has 84 valence electrons. The third kappa shape index (κ3) is 1.91. The normalized spacial score (nSPS) is 19.4. The van der Waals surface area contributed by atoms with Gasteiger partial charge in [-0.3, -0.25) is 0 Å². The first-order chi connectivity index (χ1) is 6.80. The Kier molecular flexibility index (Phi) is 2.16. The number of ether oxygens (including phenoxy) is 1. The number of hydrogen-bond acceptors (Lipinski definition) is 4. The molecule has 1 aromatic rings. The van der Waals surface area contributed by atoms with Crippen molar-refractivity contribution in [3.8, 4) is 5.88 Å². The Morgan fingerprint density at radius 2 is 2.27 bits per heavy atom. The zero-order valence-electron chi connectivity index (χ0n) is 7.15. The highest BCUT2D eigenvalue weighted by Crippen LogP contribution is 2.33. The van der Waals surface area contributed by atoms with Crippen molar-refractivity contribution in [2.75, 3.05) is 6.61 Å². The van der Waals surface area contributed by atoms with E-state index in [0.717, 1.165) is 10.9 Å². The molecule has 0 amide bonds. The third-order valence-electron chi connectivity index (χ3n) is 1.82. The maximum atomic E-state index is 12.8. The van der Waals surface area contributed by atoms with Crippen molar-refractivity contribution >= 4 is 19.7 Å². The van der Waals surface area contributed by atoms with E-state index in [4.69, 9.17) is 10.7 Å². The summed E-state index contributed by atoms with van der Waals surface area (Å²) < 4.78 is 53.0. The predicted octanol–water partition coefficient (Wildman–Crippen LogP) is 0.838. The van der Waals surface area contributed by atoms with Crippen LogP contribution >= 0.6 is 10.7 Å². The Hall–Kier alpha value is -0.890. The lowest BCUT2D eigenvalue weighted by atomic mass is 10.3. The zero-order valence-corrected chi connectivity index (χ0v) is 8.73. The summed E-state index contributed by atoms with van der Waals surface area (Å²) in [6.45, 7) is -1.59. The van der Waals surface area contributed by atoms with Crippen LogP contribution in [0.4, 0.5) is 8.78 Å². The van der Waals surface area contributed by atoms with E-state index in [-0.39, 0.29) is 10.8 Å². The van der Waals surface area contributed by atoms with Gasteiger partial charge < -0.3 is 4.74 Å². The Morgan fingerprint density at radius 3 is 2.87 bits per heavy atom. The number of aromatic nitrogens is 2. The average Bonchev–Trinajstić information content (AvgIpc) is 2.43. The van der Waals surface area contributed by atoms with Crippen LogP contribution in [0.5, 0.6) is 5.88 Å². The van der Waals surface area contributed by atoms with Gasteiger partial charge >= 0.3 is 5.92 Å². The van der Waals surface area contributed by atoms with Crippen LogP contribution in [0, 0.1) is 0 Å². The lowest BCUT2D eigenvalue weighted by Crippen LogP contribution is -2.36. The molecular formula is C6H5ClF2N2O3S. The van der Waals surface area contributed by atoms with E-state index < -0.39 is 28.1 Å². The Bertz CT molecular complexity index is 498. The van der Waals surface area contributed by atoms with Crippen molar-refractivity contribution in [3.63, 3.8) is 0 Å². The minimum atomic E-state index is -4.02. The molecule has 1 aliphatic rings. The molecule has 2 heterocycles. The lowest BCUT2D eigenvalue weighted by Gasteiger charge is -2.23. The van der Waals surface area contributed by atoms with Crippen LogP contribution in [0.25, 0.3) is 0 Å². The molecule has 0 spiro atoms. The summed E-state index contributed by atoms with van der Waals surface area (Å²) in [6.07, 6.45) is 0.888. The van der Waals surface area contributed by atoms with Gasteiger partial charge in [-0.05, 0) is 0 Å². The Balaban J connectivity index is 2.48. The molecule has 9 heteroatoms. The molecule has 0 atom stereocenters. The van der Waals surface area contributed by atoms with Crippen LogP contribution < -0.4 is 4.74 Å². The fourth-order valence-electron chi connectivity index (χ4n) is 1.22. The number of halogens is 3. The van der Waals surface area contributed by atoms with Crippen LogP contribution in [0.2, 0.25) is 0 Å². The van der Waals surface area contributed by atoms with E-state index in [1.807, 2.05) is 0 Å². The molecule has 0 saturated carbocycles. The predicted molar refractivity (Wildman–Crippen MR) is 45.7 cm³/mol. The van der Waals surface area contributed by atoms with Crippen LogP contribution in [-0.2, 0) is 15.6 Å². The smallest absolute Gasteiger partial charge is 0.300 e. The van der Waals surface area contributed by atoms with E-state index in [9.17, 15) is 17.2 Å². The van der Waals surface area contributed by atoms with Gasteiger partial charge in [0.1, 0.15) is 6.54 Å². The van der Waals surface area contributed by atoms with Gasteiger partial charge in [0, 0.05) is 10.7 Å². The van der Waals surface area contributed by atoms with Crippen LogP contribution in [-0.4, -0.2) is 30.7 Å². The van der Waals surface area contributed by atoms with E-state index in [0.29, 0.717) is 0 Å². The molecule has 0 bridgehead atoms. The molecule has 0 N–H and O–H groups in total. The third-order valence-corrected chi connectivity index (χ3v) is 3.13. The quantitative estimate of drug-likeness (QED) is 0.701. The van der Waals surface area contributed by atoms with Gasteiger partial charge in [-0.15, -0.1) is 0 Å². The van der Waals surface area contributed by atoms with Gasteiger partial charge in [0.15, 0.2) is 11.5 Å². The number of hydrogen-bond donors (Lipinski definition) is 0. The van der Waals surface area contributed by atoms with Crippen molar-refractivity contribution < 1.29 is 21.9 Å². The van der Waals surface area contributed by atoms with Crippen molar-refractivity contribution in [2.45, 2.75) is 17.4 Å². The summed E-state index contributed by atoms with van der Waals surface area (Å²) in [7, 11) is 1.04. The lowest BCUT2D eigenvalue weighted by molar-refractivity contribution is -0.0805. The summed E-state index contributed by atoms with van der Waals surface area (Å²) in [4.78, 5) is -0.389. The highest BCUT2D eigenvalue weighted by molar-refractivity contribution is 8.13. The van der Waals surface area contributed by atoms with Crippen LogP contribution in [0.3, 0.4) is 0 Å². The fraction of sp³-hybridized carbons (Fsp3) is 0.500. The van der Waals surface area contributed by atoms with Gasteiger partial charge in [0.25, 0.3) is 9.05 Å². The van der Waals surface area contributed by atoms with Gasteiger partial charge in [-0.2, -0.15) is 5.10 Å². The molecule has 0 aliphatic carbocycles. The first-order valence-corrected chi connectivity index (χ1v) is 6.12. The number of fused-ring (bicyclic) bond motifs is 1. The summed E-state index contributed by atoms with van der Waals surface area (Å²) in [5.41, 5.74) is 0. The molecule has 1 aliphatic heterocycles. The minimum Gasteiger partial charge on any atom is -0.470 e. The summed E-state index contributed by atoms with van der Waals surface area (Å²) in [6, 6.07) is 0. The zero-order chi connectivity index (χ0) is 11.3. The van der Waals surface area contributed by atoms with E-state index in [2.05, 4.69) is 9.84 Å². The molecule has 2 rings (SSSR count). The maximum absolute atomic E-state index is 12.8. The van der Waals surface area contributed by atoms with Gasteiger partial charge in [-0.1, -0.05) is 0 Å². The summed E-state index contributed by atoms with van der Waals surface area (Å²) in [5.74, 6) is -3.29. The molecule has 1 aromatic heterocycles. The maximum Gasteiger partial charge on any atom is 0.300 e. The number of nitrogens with zero attached hydrogens (tertiary/aromatic N) is 2. The Labute approximate surface area is 88.0 Å². The summed E-state index contributed by atoms with van der Waals surface area (Å²) in [5, 5.41) is 3.47. The number of rotatable bonds is 1.